The lowest BCUT2D eigenvalue weighted by molar-refractivity contribution is -0.120. The number of halogens is 1. The first-order valence-corrected chi connectivity index (χ1v) is 11.0. The number of aromatic nitrogens is 3. The van der Waals surface area contributed by atoms with Crippen molar-refractivity contribution in [1.29, 1.82) is 0 Å². The minimum Gasteiger partial charge on any atom is -0.373 e. The van der Waals surface area contributed by atoms with Gasteiger partial charge in [0.2, 0.25) is 11.9 Å². The lowest BCUT2D eigenvalue weighted by Gasteiger charge is -2.31. The third-order valence-corrected chi connectivity index (χ3v) is 5.36. The molecule has 3 aromatic rings. The SMILES string of the molecule is C[C@@H](F)C(=O)Nc1cccc(Nc2ncnc(N3CCC(OCc4ccccc4)CC3)n2)c1. The number of nitrogens with one attached hydrogen (secondary N) is 2. The standard InChI is InChI=1S/C24H27FN6O2/c1-17(25)22(32)28-19-8-5-9-20(14-19)29-23-26-16-27-24(30-23)31-12-10-21(11-13-31)33-15-18-6-3-2-4-7-18/h2-9,14,16-17,21H,10-13,15H2,1H3,(H,28,32)(H,26,27,29,30)/t17-/m1/s1. The summed E-state index contributed by atoms with van der Waals surface area (Å²) in [5.74, 6) is 0.306. The second kappa shape index (κ2) is 10.8. The Labute approximate surface area is 192 Å². The van der Waals surface area contributed by atoms with Crippen molar-refractivity contribution in [3.05, 3.63) is 66.5 Å². The Morgan fingerprint density at radius 2 is 1.88 bits per heavy atom. The van der Waals surface area contributed by atoms with Crippen molar-refractivity contribution in [3.8, 4) is 0 Å². The summed E-state index contributed by atoms with van der Waals surface area (Å²) in [4.78, 5) is 26.8. The second-order valence-electron chi connectivity index (χ2n) is 7.90. The van der Waals surface area contributed by atoms with Crippen molar-refractivity contribution >= 4 is 29.2 Å². The number of nitrogens with zero attached hydrogens (tertiary/aromatic N) is 4. The van der Waals surface area contributed by atoms with Gasteiger partial charge in [0.1, 0.15) is 6.33 Å². The predicted octanol–water partition coefficient (Wildman–Crippen LogP) is 4.10. The molecule has 0 radical (unpaired) electrons. The molecule has 0 bridgehead atoms. The molecular weight excluding hydrogens is 423 g/mol. The van der Waals surface area contributed by atoms with Crippen LogP contribution in [0.2, 0.25) is 0 Å². The molecule has 1 aliphatic heterocycles. The maximum Gasteiger partial charge on any atom is 0.258 e. The normalized spacial score (nSPS) is 15.2. The minimum absolute atomic E-state index is 0.214. The van der Waals surface area contributed by atoms with Gasteiger partial charge in [-0.25, -0.2) is 14.4 Å². The first kappa shape index (κ1) is 22.6. The van der Waals surface area contributed by atoms with E-state index in [0.29, 0.717) is 29.9 Å². The molecule has 1 aliphatic rings. The Bertz CT molecular complexity index is 1060. The highest BCUT2D eigenvalue weighted by atomic mass is 19.1. The van der Waals surface area contributed by atoms with Crippen LogP contribution >= 0.6 is 0 Å². The lowest BCUT2D eigenvalue weighted by atomic mass is 10.1. The summed E-state index contributed by atoms with van der Waals surface area (Å²) in [7, 11) is 0. The minimum atomic E-state index is -1.58. The van der Waals surface area contributed by atoms with Gasteiger partial charge in [0.25, 0.3) is 5.91 Å². The molecule has 1 aromatic heterocycles. The number of anilines is 4. The van der Waals surface area contributed by atoms with E-state index < -0.39 is 12.1 Å². The summed E-state index contributed by atoms with van der Waals surface area (Å²) in [6.07, 6.45) is 1.90. The largest absolute Gasteiger partial charge is 0.373 e. The number of benzene rings is 2. The quantitative estimate of drug-likeness (QED) is 0.534. The fraction of sp³-hybridized carbons (Fsp3) is 0.333. The van der Waals surface area contributed by atoms with Gasteiger partial charge in [0.05, 0.1) is 12.7 Å². The third-order valence-electron chi connectivity index (χ3n) is 5.36. The maximum absolute atomic E-state index is 13.1. The van der Waals surface area contributed by atoms with Crippen LogP contribution in [0.1, 0.15) is 25.3 Å². The highest BCUT2D eigenvalue weighted by Gasteiger charge is 2.22. The van der Waals surface area contributed by atoms with E-state index in [1.807, 2.05) is 24.3 Å². The number of carbonyl (C=O) groups is 1. The number of amides is 1. The lowest BCUT2D eigenvalue weighted by Crippen LogP contribution is -2.38. The molecule has 33 heavy (non-hydrogen) atoms. The van der Waals surface area contributed by atoms with Crippen molar-refractivity contribution in [1.82, 2.24) is 15.0 Å². The molecule has 0 spiro atoms. The van der Waals surface area contributed by atoms with E-state index >= 15 is 0 Å². The van der Waals surface area contributed by atoms with Crippen LogP contribution in [0.25, 0.3) is 0 Å². The van der Waals surface area contributed by atoms with Crippen LogP contribution in [0, 0.1) is 0 Å². The van der Waals surface area contributed by atoms with Crippen molar-refractivity contribution in [2.45, 2.75) is 38.6 Å². The summed E-state index contributed by atoms with van der Waals surface area (Å²) >= 11 is 0. The molecule has 0 saturated carbocycles. The molecular formula is C24H27FN6O2. The zero-order valence-electron chi connectivity index (χ0n) is 18.4. The van der Waals surface area contributed by atoms with Crippen LogP contribution in [0.3, 0.4) is 0 Å². The number of carbonyl (C=O) groups excluding carboxylic acids is 1. The summed E-state index contributed by atoms with van der Waals surface area (Å²) in [5.41, 5.74) is 2.33. The maximum atomic E-state index is 13.1. The van der Waals surface area contributed by atoms with Gasteiger partial charge in [0.15, 0.2) is 6.17 Å². The monoisotopic (exact) mass is 450 g/mol. The average molecular weight is 451 g/mol. The van der Waals surface area contributed by atoms with E-state index in [2.05, 4.69) is 42.6 Å². The number of piperidine rings is 1. The van der Waals surface area contributed by atoms with E-state index in [-0.39, 0.29) is 6.10 Å². The Morgan fingerprint density at radius 1 is 1.12 bits per heavy atom. The summed E-state index contributed by atoms with van der Waals surface area (Å²) < 4.78 is 19.2. The van der Waals surface area contributed by atoms with Crippen molar-refractivity contribution in [3.63, 3.8) is 0 Å². The number of ether oxygens (including phenoxy) is 1. The van der Waals surface area contributed by atoms with Gasteiger partial charge >= 0.3 is 0 Å². The van der Waals surface area contributed by atoms with Gasteiger partial charge in [-0.15, -0.1) is 0 Å². The van der Waals surface area contributed by atoms with E-state index in [1.165, 1.54) is 18.8 Å². The van der Waals surface area contributed by atoms with Crippen LogP contribution < -0.4 is 15.5 Å². The smallest absolute Gasteiger partial charge is 0.258 e. The van der Waals surface area contributed by atoms with Crippen LogP contribution in [0.15, 0.2) is 60.9 Å². The molecule has 8 nitrogen and oxygen atoms in total. The number of hydrogen-bond acceptors (Lipinski definition) is 7. The molecule has 4 rings (SSSR count). The van der Waals surface area contributed by atoms with E-state index in [9.17, 15) is 9.18 Å². The molecule has 0 unspecified atom stereocenters. The van der Waals surface area contributed by atoms with E-state index in [1.54, 1.807) is 18.2 Å². The predicted molar refractivity (Wildman–Crippen MR) is 125 cm³/mol. The highest BCUT2D eigenvalue weighted by Crippen LogP contribution is 2.22. The molecule has 2 heterocycles. The fourth-order valence-electron chi connectivity index (χ4n) is 3.56. The molecule has 1 saturated heterocycles. The molecule has 172 valence electrons. The Morgan fingerprint density at radius 3 is 2.64 bits per heavy atom. The van der Waals surface area contributed by atoms with Crippen molar-refractivity contribution in [2.24, 2.45) is 0 Å². The first-order valence-electron chi connectivity index (χ1n) is 11.0. The molecule has 1 amide bonds. The zero-order chi connectivity index (χ0) is 23.0. The average Bonchev–Trinajstić information content (AvgIpc) is 2.84. The van der Waals surface area contributed by atoms with Crippen LogP contribution in [0.5, 0.6) is 0 Å². The summed E-state index contributed by atoms with van der Waals surface area (Å²) in [5, 5.41) is 5.64. The Hall–Kier alpha value is -3.59. The highest BCUT2D eigenvalue weighted by molar-refractivity contribution is 5.94. The first-order chi connectivity index (χ1) is 16.1. The molecule has 2 aromatic carbocycles. The number of alkyl halides is 1. The van der Waals surface area contributed by atoms with Gasteiger partial charge in [-0.1, -0.05) is 36.4 Å². The fourth-order valence-corrected chi connectivity index (χ4v) is 3.56. The van der Waals surface area contributed by atoms with E-state index in [4.69, 9.17) is 4.74 Å². The summed E-state index contributed by atoms with van der Waals surface area (Å²) in [6, 6.07) is 17.1. The molecule has 2 N–H and O–H groups in total. The second-order valence-corrected chi connectivity index (χ2v) is 7.90. The topological polar surface area (TPSA) is 92.3 Å². The van der Waals surface area contributed by atoms with E-state index in [0.717, 1.165) is 25.9 Å². The number of rotatable bonds is 8. The van der Waals surface area contributed by atoms with Gasteiger partial charge in [-0.3, -0.25) is 4.79 Å². The molecule has 1 fully saturated rings. The van der Waals surface area contributed by atoms with Gasteiger partial charge in [-0.2, -0.15) is 4.98 Å². The van der Waals surface area contributed by atoms with Crippen molar-refractivity contribution in [2.75, 3.05) is 28.6 Å². The molecule has 9 heteroatoms. The Kier molecular flexibility index (Phi) is 7.41. The molecule has 0 aliphatic carbocycles. The van der Waals surface area contributed by atoms with Crippen LogP contribution in [0.4, 0.5) is 27.7 Å². The van der Waals surface area contributed by atoms with Gasteiger partial charge < -0.3 is 20.3 Å². The van der Waals surface area contributed by atoms with Crippen LogP contribution in [-0.2, 0) is 16.1 Å². The van der Waals surface area contributed by atoms with Crippen molar-refractivity contribution < 1.29 is 13.9 Å². The number of hydrogen-bond donors (Lipinski definition) is 2. The third kappa shape index (κ3) is 6.45. The molecule has 1 atom stereocenters. The van der Waals surface area contributed by atoms with Gasteiger partial charge in [-0.05, 0) is 43.5 Å². The Balaban J connectivity index is 1.32. The summed E-state index contributed by atoms with van der Waals surface area (Å²) in [6.45, 7) is 3.41. The van der Waals surface area contributed by atoms with Gasteiger partial charge in [0, 0.05) is 24.5 Å². The zero-order valence-corrected chi connectivity index (χ0v) is 18.4. The van der Waals surface area contributed by atoms with Crippen LogP contribution in [-0.4, -0.2) is 46.2 Å².